The van der Waals surface area contributed by atoms with Crippen molar-refractivity contribution < 1.29 is 32.6 Å². The number of aliphatic carboxylic acids is 1. The number of carboxylic acid groups (broad SMARTS) is 1. The monoisotopic (exact) mass is 566 g/mol. The lowest BCUT2D eigenvalue weighted by Crippen LogP contribution is -2.44. The number of carboxylic acids is 1. The van der Waals surface area contributed by atoms with Crippen LogP contribution in [0.15, 0.2) is 24.4 Å². The van der Waals surface area contributed by atoms with Crippen LogP contribution in [0.5, 0.6) is 0 Å². The Hall–Kier alpha value is -3.32. The molecule has 10 nitrogen and oxygen atoms in total. The fourth-order valence-corrected chi connectivity index (χ4v) is 4.43. The van der Waals surface area contributed by atoms with Gasteiger partial charge in [0.15, 0.2) is 5.69 Å². The van der Waals surface area contributed by atoms with E-state index in [1.165, 1.54) is 5.56 Å². The van der Waals surface area contributed by atoms with Gasteiger partial charge in [-0.3, -0.25) is 4.79 Å². The van der Waals surface area contributed by atoms with Gasteiger partial charge < -0.3 is 25.4 Å². The molecule has 1 aliphatic rings. The molecule has 3 N–H and O–H groups in total. The SMILES string of the molecule is CC(C)OCCN(CCCCc1ccc2c(n1)NCCC2)CCC(NC(=O)c1nnccc1C(F)(F)F)C(=O)O. The minimum Gasteiger partial charge on any atom is -0.480 e. The first kappa shape index (κ1) is 31.2. The molecule has 0 saturated carbocycles. The molecule has 0 bridgehead atoms. The number of carbonyl (C=O) groups excluding carboxylic acids is 1. The average Bonchev–Trinajstić information content (AvgIpc) is 2.91. The number of alkyl halides is 3. The van der Waals surface area contributed by atoms with Crippen molar-refractivity contribution in [1.29, 1.82) is 0 Å². The summed E-state index contributed by atoms with van der Waals surface area (Å²) in [5, 5.41) is 21.8. The highest BCUT2D eigenvalue weighted by atomic mass is 19.4. The third kappa shape index (κ3) is 9.70. The van der Waals surface area contributed by atoms with Crippen molar-refractivity contribution in [1.82, 2.24) is 25.4 Å². The predicted octanol–water partition coefficient (Wildman–Crippen LogP) is 3.57. The lowest BCUT2D eigenvalue weighted by atomic mass is 10.1. The Morgan fingerprint density at radius 1 is 1.18 bits per heavy atom. The number of nitrogens with zero attached hydrogens (tertiary/aromatic N) is 4. The first-order valence-corrected chi connectivity index (χ1v) is 13.5. The topological polar surface area (TPSA) is 130 Å². The number of pyridine rings is 1. The summed E-state index contributed by atoms with van der Waals surface area (Å²) in [6.45, 7) is 6.71. The van der Waals surface area contributed by atoms with Crippen LogP contribution in [0.25, 0.3) is 0 Å². The van der Waals surface area contributed by atoms with E-state index in [2.05, 4.69) is 33.0 Å². The molecule has 0 fully saturated rings. The molecule has 3 heterocycles. The number of amides is 1. The van der Waals surface area contributed by atoms with E-state index >= 15 is 0 Å². The van der Waals surface area contributed by atoms with Crippen LogP contribution in [0.4, 0.5) is 19.0 Å². The molecular formula is C27H37F3N6O4. The zero-order chi connectivity index (χ0) is 29.1. The summed E-state index contributed by atoms with van der Waals surface area (Å²) in [5.74, 6) is -1.63. The molecule has 1 aliphatic heterocycles. The molecule has 220 valence electrons. The minimum absolute atomic E-state index is 0.0115. The molecule has 0 spiro atoms. The molecule has 13 heteroatoms. The van der Waals surface area contributed by atoms with Crippen molar-refractivity contribution in [2.45, 2.75) is 70.7 Å². The number of nitrogens with one attached hydrogen (secondary N) is 2. The van der Waals surface area contributed by atoms with Crippen LogP contribution in [0.3, 0.4) is 0 Å². The average molecular weight is 567 g/mol. The number of aromatic nitrogens is 3. The van der Waals surface area contributed by atoms with Crippen molar-refractivity contribution in [2.24, 2.45) is 0 Å². The van der Waals surface area contributed by atoms with E-state index in [0.717, 1.165) is 56.4 Å². The lowest BCUT2D eigenvalue weighted by Gasteiger charge is -2.25. The number of anilines is 1. The van der Waals surface area contributed by atoms with Crippen LogP contribution in [0.1, 0.15) is 66.8 Å². The van der Waals surface area contributed by atoms with E-state index in [1.54, 1.807) is 0 Å². The van der Waals surface area contributed by atoms with Crippen LogP contribution < -0.4 is 10.6 Å². The number of hydrogen-bond donors (Lipinski definition) is 3. The summed E-state index contributed by atoms with van der Waals surface area (Å²) in [6.07, 6.45) is 0.650. The maximum absolute atomic E-state index is 13.3. The van der Waals surface area contributed by atoms with Crippen LogP contribution in [-0.4, -0.2) is 82.0 Å². The van der Waals surface area contributed by atoms with Gasteiger partial charge in [-0.15, -0.1) is 5.10 Å². The maximum Gasteiger partial charge on any atom is 0.418 e. The van der Waals surface area contributed by atoms with Gasteiger partial charge in [0.1, 0.15) is 11.9 Å². The van der Waals surface area contributed by atoms with Gasteiger partial charge in [0.25, 0.3) is 5.91 Å². The standard InChI is InChI=1S/C27H37F3N6O4/c1-18(2)40-17-16-36(14-4-3-7-20-9-8-19-6-5-12-31-24(19)33-20)15-11-22(26(38)39)34-25(37)23-21(27(28,29)30)10-13-32-35-23/h8-10,13,18,22H,3-7,11-12,14-17H2,1-2H3,(H,31,33)(H,34,37)(H,38,39). The Balaban J connectivity index is 1.56. The van der Waals surface area contributed by atoms with Gasteiger partial charge in [0, 0.05) is 25.3 Å². The third-order valence-corrected chi connectivity index (χ3v) is 6.55. The number of fused-ring (bicyclic) bond motifs is 1. The van der Waals surface area contributed by atoms with E-state index in [-0.39, 0.29) is 12.5 Å². The molecule has 1 atom stereocenters. The number of unbranched alkanes of at least 4 members (excludes halogenated alkanes) is 1. The van der Waals surface area contributed by atoms with E-state index in [9.17, 15) is 27.9 Å². The van der Waals surface area contributed by atoms with E-state index in [1.807, 2.05) is 18.7 Å². The van der Waals surface area contributed by atoms with Gasteiger partial charge in [-0.2, -0.15) is 18.3 Å². The molecule has 3 rings (SSSR count). The Kier molecular flexibility index (Phi) is 11.6. The Labute approximate surface area is 231 Å². The Morgan fingerprint density at radius 2 is 1.98 bits per heavy atom. The molecule has 1 unspecified atom stereocenters. The zero-order valence-corrected chi connectivity index (χ0v) is 22.8. The number of hydrogen-bond acceptors (Lipinski definition) is 8. The van der Waals surface area contributed by atoms with Crippen LogP contribution >= 0.6 is 0 Å². The first-order chi connectivity index (χ1) is 19.0. The second-order valence-corrected chi connectivity index (χ2v) is 10.0. The Morgan fingerprint density at radius 3 is 2.70 bits per heavy atom. The fraction of sp³-hybridized carbons (Fsp3) is 0.593. The van der Waals surface area contributed by atoms with Crippen LogP contribution in [0.2, 0.25) is 0 Å². The summed E-state index contributed by atoms with van der Waals surface area (Å²) in [7, 11) is 0. The van der Waals surface area contributed by atoms with Gasteiger partial charge in [0.05, 0.1) is 24.5 Å². The highest BCUT2D eigenvalue weighted by Gasteiger charge is 2.37. The van der Waals surface area contributed by atoms with E-state index in [0.29, 0.717) is 32.3 Å². The molecule has 0 aromatic carbocycles. The van der Waals surface area contributed by atoms with Gasteiger partial charge in [-0.05, 0) is 76.6 Å². The molecule has 0 radical (unpaired) electrons. The van der Waals surface area contributed by atoms with Crippen molar-refractivity contribution in [3.63, 3.8) is 0 Å². The highest BCUT2D eigenvalue weighted by molar-refractivity contribution is 5.96. The number of rotatable bonds is 15. The molecular weight excluding hydrogens is 529 g/mol. The molecule has 1 amide bonds. The minimum atomic E-state index is -4.83. The quantitative estimate of drug-likeness (QED) is 0.277. The number of carbonyl (C=O) groups is 2. The lowest BCUT2D eigenvalue weighted by molar-refractivity contribution is -0.139. The zero-order valence-electron chi connectivity index (χ0n) is 22.8. The molecule has 0 saturated heterocycles. The molecule has 40 heavy (non-hydrogen) atoms. The Bertz CT molecular complexity index is 1130. The predicted molar refractivity (Wildman–Crippen MR) is 142 cm³/mol. The van der Waals surface area contributed by atoms with Crippen molar-refractivity contribution >= 4 is 17.7 Å². The van der Waals surface area contributed by atoms with Crippen LogP contribution in [-0.2, 0) is 28.5 Å². The normalized spacial score (nSPS) is 14.1. The first-order valence-electron chi connectivity index (χ1n) is 13.5. The number of aryl methyl sites for hydroxylation is 2. The van der Waals surface area contributed by atoms with Gasteiger partial charge in [-0.25, -0.2) is 9.78 Å². The molecule has 0 aliphatic carbocycles. The fourth-order valence-electron chi connectivity index (χ4n) is 4.43. The van der Waals surface area contributed by atoms with Gasteiger partial charge in [0.2, 0.25) is 0 Å². The second-order valence-electron chi connectivity index (χ2n) is 10.0. The largest absolute Gasteiger partial charge is 0.480 e. The van der Waals surface area contributed by atoms with Crippen molar-refractivity contribution in [3.05, 3.63) is 46.9 Å². The summed E-state index contributed by atoms with van der Waals surface area (Å²) < 4.78 is 45.5. The summed E-state index contributed by atoms with van der Waals surface area (Å²) in [6, 6.07) is 3.40. The maximum atomic E-state index is 13.3. The number of halogens is 3. The second kappa shape index (κ2) is 14.9. The van der Waals surface area contributed by atoms with Crippen molar-refractivity contribution in [2.75, 3.05) is 38.1 Å². The smallest absolute Gasteiger partial charge is 0.418 e. The number of ether oxygens (including phenoxy) is 1. The van der Waals surface area contributed by atoms with Gasteiger partial charge in [-0.1, -0.05) is 6.07 Å². The van der Waals surface area contributed by atoms with E-state index < -0.39 is 35.4 Å². The van der Waals surface area contributed by atoms with Gasteiger partial charge >= 0.3 is 12.1 Å². The van der Waals surface area contributed by atoms with Crippen molar-refractivity contribution in [3.8, 4) is 0 Å². The van der Waals surface area contributed by atoms with Crippen LogP contribution in [0, 0.1) is 0 Å². The highest BCUT2D eigenvalue weighted by Crippen LogP contribution is 2.30. The van der Waals surface area contributed by atoms with E-state index in [4.69, 9.17) is 9.72 Å². The third-order valence-electron chi connectivity index (χ3n) is 6.55. The molecule has 2 aromatic heterocycles. The summed E-state index contributed by atoms with van der Waals surface area (Å²) >= 11 is 0. The summed E-state index contributed by atoms with van der Waals surface area (Å²) in [4.78, 5) is 31.1. The molecule has 2 aromatic rings. The summed E-state index contributed by atoms with van der Waals surface area (Å²) in [5.41, 5.74) is 0.00861.